The summed E-state index contributed by atoms with van der Waals surface area (Å²) in [5.41, 5.74) is 0.913. The van der Waals surface area contributed by atoms with Gasteiger partial charge in [-0.1, -0.05) is 24.3 Å². The van der Waals surface area contributed by atoms with E-state index in [-0.39, 0.29) is 0 Å². The van der Waals surface area contributed by atoms with Crippen LogP contribution in [0.3, 0.4) is 0 Å². The van der Waals surface area contributed by atoms with Crippen LogP contribution in [0.2, 0.25) is 0 Å². The van der Waals surface area contributed by atoms with Crippen LogP contribution in [0, 0.1) is 0 Å². The van der Waals surface area contributed by atoms with Crippen molar-refractivity contribution in [3.05, 3.63) is 36.4 Å². The fourth-order valence-corrected chi connectivity index (χ4v) is 2.79. The van der Waals surface area contributed by atoms with Crippen molar-refractivity contribution in [2.24, 2.45) is 0 Å². The Hall–Kier alpha value is -1.59. The van der Waals surface area contributed by atoms with Crippen molar-refractivity contribution in [2.75, 3.05) is 19.4 Å². The summed E-state index contributed by atoms with van der Waals surface area (Å²) in [6, 6.07) is 10.8. The summed E-state index contributed by atoms with van der Waals surface area (Å²) in [4.78, 5) is 0.301. The summed E-state index contributed by atoms with van der Waals surface area (Å²) >= 11 is 0. The van der Waals surface area contributed by atoms with Gasteiger partial charge in [-0.15, -0.1) is 0 Å². The fraction of sp³-hybridized carbons (Fsp3) is 0.167. The summed E-state index contributed by atoms with van der Waals surface area (Å²) in [5.74, 6) is 0. The highest BCUT2D eigenvalue weighted by atomic mass is 32.2. The number of nitrogens with one attached hydrogen (secondary N) is 2. The van der Waals surface area contributed by atoms with Crippen LogP contribution in [-0.2, 0) is 10.0 Å². The third kappa shape index (κ3) is 1.99. The van der Waals surface area contributed by atoms with E-state index >= 15 is 0 Å². The maximum atomic E-state index is 11.9. The first-order chi connectivity index (χ1) is 8.10. The van der Waals surface area contributed by atoms with Crippen LogP contribution in [0.1, 0.15) is 0 Å². The van der Waals surface area contributed by atoms with E-state index in [4.69, 9.17) is 0 Å². The quantitative estimate of drug-likeness (QED) is 0.873. The molecule has 4 nitrogen and oxygen atoms in total. The lowest BCUT2D eigenvalue weighted by molar-refractivity contribution is 0.589. The van der Waals surface area contributed by atoms with Crippen molar-refractivity contribution in [1.82, 2.24) is 4.72 Å². The second kappa shape index (κ2) is 4.35. The monoisotopic (exact) mass is 250 g/mol. The molecule has 0 amide bonds. The van der Waals surface area contributed by atoms with Gasteiger partial charge in [0.2, 0.25) is 10.0 Å². The Morgan fingerprint density at radius 3 is 2.24 bits per heavy atom. The number of sulfonamides is 1. The van der Waals surface area contributed by atoms with Gasteiger partial charge >= 0.3 is 0 Å². The fourth-order valence-electron chi connectivity index (χ4n) is 1.84. The van der Waals surface area contributed by atoms with Crippen LogP contribution in [-0.4, -0.2) is 22.5 Å². The van der Waals surface area contributed by atoms with E-state index in [1.807, 2.05) is 25.2 Å². The van der Waals surface area contributed by atoms with Crippen LogP contribution in [0.4, 0.5) is 5.69 Å². The molecule has 2 aromatic carbocycles. The molecule has 0 fully saturated rings. The van der Waals surface area contributed by atoms with Crippen LogP contribution in [0.15, 0.2) is 41.3 Å². The summed E-state index contributed by atoms with van der Waals surface area (Å²) in [7, 11) is -0.201. The highest BCUT2D eigenvalue weighted by Crippen LogP contribution is 2.28. The van der Waals surface area contributed by atoms with Gasteiger partial charge in [0, 0.05) is 23.5 Å². The van der Waals surface area contributed by atoms with Gasteiger partial charge in [-0.05, 0) is 19.2 Å². The molecule has 0 aliphatic carbocycles. The molecule has 0 saturated heterocycles. The molecule has 0 radical (unpaired) electrons. The van der Waals surface area contributed by atoms with Gasteiger partial charge in [-0.25, -0.2) is 13.1 Å². The van der Waals surface area contributed by atoms with Gasteiger partial charge in [0.15, 0.2) is 0 Å². The van der Waals surface area contributed by atoms with E-state index in [2.05, 4.69) is 10.0 Å². The number of rotatable bonds is 3. The Labute approximate surface area is 101 Å². The molecule has 0 aliphatic heterocycles. The number of hydrogen-bond acceptors (Lipinski definition) is 3. The molecular weight excluding hydrogens is 236 g/mol. The largest absolute Gasteiger partial charge is 0.388 e. The van der Waals surface area contributed by atoms with Gasteiger partial charge in [0.05, 0.1) is 4.90 Å². The Morgan fingerprint density at radius 2 is 1.59 bits per heavy atom. The summed E-state index contributed by atoms with van der Waals surface area (Å²) < 4.78 is 26.1. The molecule has 0 bridgehead atoms. The van der Waals surface area contributed by atoms with Crippen molar-refractivity contribution in [3.8, 4) is 0 Å². The van der Waals surface area contributed by atoms with E-state index in [9.17, 15) is 8.42 Å². The van der Waals surface area contributed by atoms with Crippen LogP contribution < -0.4 is 10.0 Å². The normalized spacial score (nSPS) is 11.6. The minimum atomic E-state index is -3.43. The van der Waals surface area contributed by atoms with Crippen molar-refractivity contribution >= 4 is 26.5 Å². The summed E-state index contributed by atoms with van der Waals surface area (Å²) in [6.45, 7) is 0. The van der Waals surface area contributed by atoms with Gasteiger partial charge in [0.25, 0.3) is 0 Å². The van der Waals surface area contributed by atoms with Crippen LogP contribution in [0.25, 0.3) is 10.8 Å². The zero-order valence-electron chi connectivity index (χ0n) is 9.69. The summed E-state index contributed by atoms with van der Waals surface area (Å²) in [6.07, 6.45) is 0. The number of benzene rings is 2. The van der Waals surface area contributed by atoms with Gasteiger partial charge in [-0.3, -0.25) is 0 Å². The minimum Gasteiger partial charge on any atom is -0.388 e. The Morgan fingerprint density at radius 1 is 0.941 bits per heavy atom. The maximum Gasteiger partial charge on any atom is 0.240 e. The molecule has 0 spiro atoms. The number of hydrogen-bond donors (Lipinski definition) is 2. The van der Waals surface area contributed by atoms with E-state index < -0.39 is 10.0 Å². The molecule has 0 saturated carbocycles. The zero-order chi connectivity index (χ0) is 12.5. The molecule has 0 aliphatic rings. The molecular formula is C12H14N2O2S. The lowest BCUT2D eigenvalue weighted by atomic mass is 10.1. The Bertz CT molecular complexity index is 651. The molecule has 17 heavy (non-hydrogen) atoms. The van der Waals surface area contributed by atoms with E-state index in [1.165, 1.54) is 7.05 Å². The smallest absolute Gasteiger partial charge is 0.240 e. The molecule has 0 aromatic heterocycles. The molecule has 2 rings (SSSR count). The average Bonchev–Trinajstić information content (AvgIpc) is 2.37. The lowest BCUT2D eigenvalue weighted by Crippen LogP contribution is -2.18. The topological polar surface area (TPSA) is 58.2 Å². The number of fused-ring (bicyclic) bond motifs is 1. The SMILES string of the molecule is CNc1cccc2c(S(=O)(=O)NC)cccc12. The first-order valence-electron chi connectivity index (χ1n) is 5.23. The predicted molar refractivity (Wildman–Crippen MR) is 69.7 cm³/mol. The van der Waals surface area contributed by atoms with Crippen molar-refractivity contribution < 1.29 is 8.42 Å². The summed E-state index contributed by atoms with van der Waals surface area (Å²) in [5, 5.41) is 4.66. The molecule has 90 valence electrons. The second-order valence-corrected chi connectivity index (χ2v) is 5.47. The highest BCUT2D eigenvalue weighted by molar-refractivity contribution is 7.89. The van der Waals surface area contributed by atoms with Crippen molar-refractivity contribution in [2.45, 2.75) is 4.90 Å². The van der Waals surface area contributed by atoms with E-state index in [0.29, 0.717) is 10.3 Å². The molecule has 2 aromatic rings. The molecule has 0 unspecified atom stereocenters. The van der Waals surface area contributed by atoms with Gasteiger partial charge < -0.3 is 5.32 Å². The third-order valence-electron chi connectivity index (χ3n) is 2.71. The molecule has 2 N–H and O–H groups in total. The van der Waals surface area contributed by atoms with Crippen LogP contribution in [0.5, 0.6) is 0 Å². The second-order valence-electron chi connectivity index (χ2n) is 3.61. The highest BCUT2D eigenvalue weighted by Gasteiger charge is 2.15. The molecule has 0 heterocycles. The third-order valence-corrected chi connectivity index (χ3v) is 4.18. The Kier molecular flexibility index (Phi) is 3.04. The lowest BCUT2D eigenvalue weighted by Gasteiger charge is -2.10. The van der Waals surface area contributed by atoms with Crippen molar-refractivity contribution in [1.29, 1.82) is 0 Å². The Balaban J connectivity index is 2.84. The van der Waals surface area contributed by atoms with E-state index in [1.54, 1.807) is 18.2 Å². The molecule has 0 atom stereocenters. The van der Waals surface area contributed by atoms with Gasteiger partial charge in [-0.2, -0.15) is 0 Å². The first kappa shape index (κ1) is 11.9. The van der Waals surface area contributed by atoms with Crippen molar-refractivity contribution in [3.63, 3.8) is 0 Å². The minimum absolute atomic E-state index is 0.301. The first-order valence-corrected chi connectivity index (χ1v) is 6.71. The average molecular weight is 250 g/mol. The van der Waals surface area contributed by atoms with Gasteiger partial charge in [0.1, 0.15) is 0 Å². The number of anilines is 1. The molecule has 5 heteroatoms. The standard InChI is InChI=1S/C12H14N2O2S/c1-13-11-7-3-6-10-9(11)5-4-8-12(10)17(15,16)14-2/h3-8,13-14H,1-2H3. The van der Waals surface area contributed by atoms with E-state index in [0.717, 1.165) is 11.1 Å². The van der Waals surface area contributed by atoms with Crippen LogP contribution >= 0.6 is 0 Å². The zero-order valence-corrected chi connectivity index (χ0v) is 10.5. The maximum absolute atomic E-state index is 11.9. The predicted octanol–water partition coefficient (Wildman–Crippen LogP) is 1.79.